The third-order valence-corrected chi connectivity index (χ3v) is 9.63. The summed E-state index contributed by atoms with van der Waals surface area (Å²) in [6.07, 6.45) is 0.691. The molecular formula is C39H46N6O6. The number of nitrogens with two attached hydrogens (primary N) is 1. The van der Waals surface area contributed by atoms with Crippen molar-refractivity contribution in [3.8, 4) is 0 Å². The number of nitrogens with one attached hydrogen (secondary N) is 5. The van der Waals surface area contributed by atoms with Crippen LogP contribution in [0.4, 0.5) is 10.5 Å². The number of hydrogen-bond acceptors (Lipinski definition) is 6. The number of primary amides is 1. The molecule has 1 aromatic heterocycles. The van der Waals surface area contributed by atoms with E-state index in [0.29, 0.717) is 24.1 Å². The van der Waals surface area contributed by atoms with Gasteiger partial charge in [0.2, 0.25) is 23.6 Å². The molecule has 0 aliphatic heterocycles. The Hall–Kier alpha value is -5.65. The predicted molar refractivity (Wildman–Crippen MR) is 195 cm³/mol. The second-order valence-corrected chi connectivity index (χ2v) is 13.6. The van der Waals surface area contributed by atoms with Gasteiger partial charge < -0.3 is 36.7 Å². The second-order valence-electron chi connectivity index (χ2n) is 13.6. The van der Waals surface area contributed by atoms with Crippen LogP contribution in [-0.4, -0.2) is 52.3 Å². The lowest BCUT2D eigenvalue weighted by Gasteiger charge is -2.39. The molecule has 4 atom stereocenters. The van der Waals surface area contributed by atoms with Crippen LogP contribution in [0.5, 0.6) is 0 Å². The van der Waals surface area contributed by atoms with Crippen LogP contribution in [0.1, 0.15) is 67.7 Å². The average Bonchev–Trinajstić information content (AvgIpc) is 3.49. The zero-order valence-electron chi connectivity index (χ0n) is 29.4. The molecule has 1 aliphatic carbocycles. The summed E-state index contributed by atoms with van der Waals surface area (Å²) in [7, 11) is 0. The monoisotopic (exact) mass is 694 g/mol. The zero-order valence-corrected chi connectivity index (χ0v) is 29.4. The van der Waals surface area contributed by atoms with E-state index in [9.17, 15) is 24.0 Å². The molecule has 0 spiro atoms. The molecule has 51 heavy (non-hydrogen) atoms. The van der Waals surface area contributed by atoms with Gasteiger partial charge in [-0.1, -0.05) is 82.6 Å². The molecule has 0 radical (unpaired) electrons. The fraction of sp³-hybridized carbons (Fsp3) is 0.359. The number of hydrogen-bond donors (Lipinski definition) is 6. The molecule has 7 N–H and O–H groups in total. The quantitative estimate of drug-likeness (QED) is 0.118. The third-order valence-electron chi connectivity index (χ3n) is 9.63. The van der Waals surface area contributed by atoms with E-state index in [0.717, 1.165) is 27.7 Å². The molecule has 5 amide bonds. The number of para-hydroxylation sites is 1. The van der Waals surface area contributed by atoms with Crippen LogP contribution in [0, 0.1) is 11.8 Å². The molecule has 3 aromatic carbocycles. The minimum atomic E-state index is -1.45. The van der Waals surface area contributed by atoms with Crippen LogP contribution in [0.3, 0.4) is 0 Å². The summed E-state index contributed by atoms with van der Waals surface area (Å²) in [5, 5.41) is 12.5. The van der Waals surface area contributed by atoms with Crippen molar-refractivity contribution < 1.29 is 28.7 Å². The maximum atomic E-state index is 14.6. The summed E-state index contributed by atoms with van der Waals surface area (Å²) in [5.41, 5.74) is 8.23. The highest BCUT2D eigenvalue weighted by Crippen LogP contribution is 2.35. The highest BCUT2D eigenvalue weighted by atomic mass is 16.5. The molecule has 12 nitrogen and oxygen atoms in total. The number of aromatic amines is 1. The van der Waals surface area contributed by atoms with E-state index in [1.807, 2.05) is 82.3 Å². The lowest BCUT2D eigenvalue weighted by atomic mass is 9.78. The van der Waals surface area contributed by atoms with Gasteiger partial charge in [-0.05, 0) is 66.1 Å². The summed E-state index contributed by atoms with van der Waals surface area (Å²) < 4.78 is 5.44. The highest BCUT2D eigenvalue weighted by molar-refractivity contribution is 6.01. The SMILES string of the molecule is CC[C@H](C)[C@H](NC(=O)OCc1ccccc1)C(=O)N[C@]1(C(=O)N[C@H](C(=O)Nc2ccc(C(N)=O)cc2)C(C)C)CCc2[nH]c3ccccc3c2C1. The molecular weight excluding hydrogens is 648 g/mol. The van der Waals surface area contributed by atoms with Gasteiger partial charge in [0.15, 0.2) is 0 Å². The van der Waals surface area contributed by atoms with Crippen molar-refractivity contribution in [3.05, 3.63) is 101 Å². The molecule has 268 valence electrons. The number of fused-ring (bicyclic) bond motifs is 3. The minimum absolute atomic E-state index is 0.0329. The Bertz CT molecular complexity index is 1890. The van der Waals surface area contributed by atoms with E-state index in [1.165, 1.54) is 12.1 Å². The number of benzene rings is 3. The van der Waals surface area contributed by atoms with Gasteiger partial charge in [-0.2, -0.15) is 0 Å². The van der Waals surface area contributed by atoms with Gasteiger partial charge >= 0.3 is 6.09 Å². The van der Waals surface area contributed by atoms with Gasteiger partial charge in [0.25, 0.3) is 0 Å². The molecule has 0 saturated heterocycles. The van der Waals surface area contributed by atoms with Crippen molar-refractivity contribution in [3.63, 3.8) is 0 Å². The van der Waals surface area contributed by atoms with Crippen LogP contribution in [0.15, 0.2) is 78.9 Å². The predicted octanol–water partition coefficient (Wildman–Crippen LogP) is 4.73. The van der Waals surface area contributed by atoms with E-state index in [1.54, 1.807) is 12.1 Å². The summed E-state index contributed by atoms with van der Waals surface area (Å²) in [4.78, 5) is 70.3. The Kier molecular flexibility index (Phi) is 11.4. The number of carbonyl (C=O) groups is 5. The molecule has 0 unspecified atom stereocenters. The Morgan fingerprint density at radius 1 is 0.863 bits per heavy atom. The molecule has 1 heterocycles. The number of aryl methyl sites for hydroxylation is 1. The first-order valence-corrected chi connectivity index (χ1v) is 17.3. The molecule has 1 aliphatic rings. The lowest BCUT2D eigenvalue weighted by molar-refractivity contribution is -0.137. The summed E-state index contributed by atoms with van der Waals surface area (Å²) >= 11 is 0. The number of aromatic nitrogens is 1. The number of anilines is 1. The van der Waals surface area contributed by atoms with Crippen molar-refractivity contribution in [2.75, 3.05) is 5.32 Å². The first-order valence-electron chi connectivity index (χ1n) is 17.3. The summed E-state index contributed by atoms with van der Waals surface area (Å²) in [6, 6.07) is 21.2. The average molecular weight is 695 g/mol. The van der Waals surface area contributed by atoms with Gasteiger partial charge in [-0.25, -0.2) is 4.79 Å². The van der Waals surface area contributed by atoms with Gasteiger partial charge in [0, 0.05) is 34.3 Å². The van der Waals surface area contributed by atoms with Crippen LogP contribution < -0.4 is 27.0 Å². The Balaban J connectivity index is 1.41. The number of alkyl carbamates (subject to hydrolysis) is 1. The first kappa shape index (κ1) is 36.6. The Morgan fingerprint density at radius 2 is 1.55 bits per heavy atom. The van der Waals surface area contributed by atoms with Gasteiger partial charge in [0.1, 0.15) is 24.2 Å². The summed E-state index contributed by atoms with van der Waals surface area (Å²) in [5.74, 6) is -2.72. The smallest absolute Gasteiger partial charge is 0.408 e. The standard InChI is InChI=1S/C39H46N6O6/c1-5-24(4)33(44-38(50)51-22-25-11-7-6-8-12-25)36(48)45-39(20-19-31-29(21-39)28-13-9-10-14-30(28)42-31)37(49)43-32(23(2)3)35(47)41-27-17-15-26(16-18-27)34(40)46/h6-18,23-24,32-33,42H,5,19-22H2,1-4H3,(H2,40,46)(H,41,47)(H,43,49)(H,44,50)(H,45,48)/t24-,32-,33-,39+/m0/s1. The number of amides is 5. The lowest BCUT2D eigenvalue weighted by Crippen LogP contribution is -2.67. The topological polar surface area (TPSA) is 185 Å². The fourth-order valence-electron chi connectivity index (χ4n) is 6.42. The van der Waals surface area contributed by atoms with Gasteiger partial charge in [-0.15, -0.1) is 0 Å². The van der Waals surface area contributed by atoms with E-state index >= 15 is 0 Å². The Labute approximate surface area is 297 Å². The molecule has 0 fully saturated rings. The van der Waals surface area contributed by atoms with E-state index in [4.69, 9.17) is 10.5 Å². The molecule has 4 aromatic rings. The van der Waals surface area contributed by atoms with Crippen molar-refractivity contribution in [2.45, 2.75) is 77.6 Å². The first-order chi connectivity index (χ1) is 24.4. The highest BCUT2D eigenvalue weighted by Gasteiger charge is 2.46. The molecule has 5 rings (SSSR count). The second kappa shape index (κ2) is 15.9. The number of rotatable bonds is 13. The maximum absolute atomic E-state index is 14.6. The minimum Gasteiger partial charge on any atom is -0.445 e. The normalized spacial score (nSPS) is 17.0. The number of H-pyrrole nitrogens is 1. The van der Waals surface area contributed by atoms with Crippen LogP contribution >= 0.6 is 0 Å². The third kappa shape index (κ3) is 8.57. The van der Waals surface area contributed by atoms with Crippen molar-refractivity contribution in [2.24, 2.45) is 17.6 Å². The molecule has 0 saturated carbocycles. The fourth-order valence-corrected chi connectivity index (χ4v) is 6.42. The van der Waals surface area contributed by atoms with Crippen molar-refractivity contribution in [1.82, 2.24) is 20.9 Å². The number of ether oxygens (including phenoxy) is 1. The largest absolute Gasteiger partial charge is 0.445 e. The number of carbonyl (C=O) groups excluding carboxylic acids is 5. The van der Waals surface area contributed by atoms with E-state index in [2.05, 4.69) is 26.3 Å². The van der Waals surface area contributed by atoms with Crippen LogP contribution in [-0.2, 0) is 38.6 Å². The van der Waals surface area contributed by atoms with Gasteiger partial charge in [-0.3, -0.25) is 19.2 Å². The zero-order chi connectivity index (χ0) is 36.7. The van der Waals surface area contributed by atoms with Gasteiger partial charge in [0.05, 0.1) is 0 Å². The van der Waals surface area contributed by atoms with Crippen molar-refractivity contribution >= 4 is 46.3 Å². The Morgan fingerprint density at radius 3 is 2.22 bits per heavy atom. The van der Waals surface area contributed by atoms with E-state index < -0.39 is 47.3 Å². The maximum Gasteiger partial charge on any atom is 0.408 e. The van der Waals surface area contributed by atoms with Crippen LogP contribution in [0.25, 0.3) is 10.9 Å². The summed E-state index contributed by atoms with van der Waals surface area (Å²) in [6.45, 7) is 7.42. The van der Waals surface area contributed by atoms with E-state index in [-0.39, 0.29) is 31.3 Å². The van der Waals surface area contributed by atoms with Crippen molar-refractivity contribution in [1.29, 1.82) is 0 Å². The molecule has 12 heteroatoms. The molecule has 0 bridgehead atoms. The van der Waals surface area contributed by atoms with Crippen LogP contribution in [0.2, 0.25) is 0 Å².